The zero-order chi connectivity index (χ0) is 24.0. The lowest BCUT2D eigenvalue weighted by Gasteiger charge is -2.16. The van der Waals surface area contributed by atoms with Crippen LogP contribution in [0.2, 0.25) is 0 Å². The smallest absolute Gasteiger partial charge is 0.324 e. The van der Waals surface area contributed by atoms with Gasteiger partial charge in [-0.25, -0.2) is 0 Å². The lowest BCUT2D eigenvalue weighted by molar-refractivity contribution is -0.404. The van der Waals surface area contributed by atoms with Crippen LogP contribution in [0.4, 0.5) is 28.4 Å². The maximum Gasteiger partial charge on any atom is 0.324 e. The summed E-state index contributed by atoms with van der Waals surface area (Å²) in [6, 6.07) is 17.3. The van der Waals surface area contributed by atoms with Crippen molar-refractivity contribution in [3.63, 3.8) is 0 Å². The third kappa shape index (κ3) is 5.44. The van der Waals surface area contributed by atoms with E-state index in [-0.39, 0.29) is 0 Å². The van der Waals surface area contributed by atoms with Crippen LogP contribution >= 0.6 is 0 Å². The monoisotopic (exact) mass is 441 g/mol. The second-order valence-corrected chi connectivity index (χ2v) is 6.64. The zero-order valence-electron chi connectivity index (χ0n) is 17.0. The molecule has 0 atom stereocenters. The Labute approximate surface area is 181 Å². The van der Waals surface area contributed by atoms with E-state index in [1.807, 2.05) is 43.3 Å². The van der Waals surface area contributed by atoms with Crippen LogP contribution in [-0.2, 0) is 0 Å². The SMILES string of the molecule is CN(C)c1ccc(-c2ccccc2)cc1N.O=[N+]([O-])c1cc([N+](=O)[O-])c(O)c([N+](=O)[O-])c1. The molecule has 0 aliphatic carbocycles. The van der Waals surface area contributed by atoms with Gasteiger partial charge < -0.3 is 15.7 Å². The highest BCUT2D eigenvalue weighted by Gasteiger charge is 2.30. The summed E-state index contributed by atoms with van der Waals surface area (Å²) in [4.78, 5) is 29.8. The Morgan fingerprint density at radius 1 is 0.781 bits per heavy atom. The summed E-state index contributed by atoms with van der Waals surface area (Å²) in [7, 11) is 3.99. The predicted octanol–water partition coefficient (Wildman–Crippen LogP) is 4.12. The number of nitrogen functional groups attached to an aromatic ring is 1. The molecule has 32 heavy (non-hydrogen) atoms. The van der Waals surface area contributed by atoms with Crippen LogP contribution < -0.4 is 10.6 Å². The summed E-state index contributed by atoms with van der Waals surface area (Å²) in [5.41, 5.74) is 7.23. The van der Waals surface area contributed by atoms with Gasteiger partial charge in [0, 0.05) is 14.1 Å². The molecule has 12 heteroatoms. The van der Waals surface area contributed by atoms with E-state index in [2.05, 4.69) is 24.3 Å². The van der Waals surface area contributed by atoms with E-state index in [0.29, 0.717) is 12.1 Å². The van der Waals surface area contributed by atoms with Crippen molar-refractivity contribution in [3.05, 3.63) is 91.0 Å². The Morgan fingerprint density at radius 2 is 1.31 bits per heavy atom. The largest absolute Gasteiger partial charge is 0.497 e. The number of aromatic hydroxyl groups is 1. The highest BCUT2D eigenvalue weighted by Crippen LogP contribution is 2.39. The minimum absolute atomic E-state index is 0.447. The third-order valence-corrected chi connectivity index (χ3v) is 4.28. The summed E-state index contributed by atoms with van der Waals surface area (Å²) in [5, 5.41) is 40.2. The first-order valence-electron chi connectivity index (χ1n) is 8.95. The van der Waals surface area contributed by atoms with E-state index in [9.17, 15) is 30.3 Å². The second-order valence-electron chi connectivity index (χ2n) is 6.64. The lowest BCUT2D eigenvalue weighted by atomic mass is 10.0. The maximum atomic E-state index is 10.4. The van der Waals surface area contributed by atoms with Crippen molar-refractivity contribution in [2.45, 2.75) is 0 Å². The molecular weight excluding hydrogens is 422 g/mol. The molecule has 0 aromatic heterocycles. The van der Waals surface area contributed by atoms with Gasteiger partial charge in [0.2, 0.25) is 0 Å². The number of rotatable bonds is 5. The summed E-state index contributed by atoms with van der Waals surface area (Å²) >= 11 is 0. The van der Waals surface area contributed by atoms with Crippen LogP contribution in [-0.4, -0.2) is 34.0 Å². The van der Waals surface area contributed by atoms with Crippen LogP contribution in [0.3, 0.4) is 0 Å². The number of non-ortho nitro benzene ring substituents is 1. The Bertz CT molecular complexity index is 1130. The number of hydrogen-bond donors (Lipinski definition) is 2. The van der Waals surface area contributed by atoms with Gasteiger partial charge in [-0.2, -0.15) is 0 Å². The number of benzene rings is 3. The number of hydrogen-bond acceptors (Lipinski definition) is 9. The molecule has 0 bridgehead atoms. The Balaban J connectivity index is 0.000000227. The van der Waals surface area contributed by atoms with Gasteiger partial charge in [0.25, 0.3) is 11.4 Å². The molecule has 0 aliphatic rings. The molecule has 3 aromatic rings. The fourth-order valence-corrected chi connectivity index (χ4v) is 2.75. The fourth-order valence-electron chi connectivity index (χ4n) is 2.75. The number of nitrogens with zero attached hydrogens (tertiary/aromatic N) is 4. The topological polar surface area (TPSA) is 179 Å². The molecule has 3 rings (SSSR count). The molecule has 12 nitrogen and oxygen atoms in total. The number of phenols is 1. The molecule has 0 amide bonds. The molecule has 0 spiro atoms. The van der Waals surface area contributed by atoms with Gasteiger partial charge in [0.15, 0.2) is 0 Å². The van der Waals surface area contributed by atoms with Crippen molar-refractivity contribution in [2.24, 2.45) is 0 Å². The molecular formula is C20H19N5O7. The second kappa shape index (κ2) is 9.84. The van der Waals surface area contributed by atoms with Crippen molar-refractivity contribution in [3.8, 4) is 16.9 Å². The van der Waals surface area contributed by atoms with E-state index in [1.54, 1.807) is 0 Å². The molecule has 0 radical (unpaired) electrons. The molecule has 0 unspecified atom stereocenters. The quantitative estimate of drug-likeness (QED) is 0.334. The number of nitro groups is 3. The van der Waals surface area contributed by atoms with Gasteiger partial charge in [-0.1, -0.05) is 36.4 Å². The fraction of sp³-hybridized carbons (Fsp3) is 0.100. The van der Waals surface area contributed by atoms with Crippen molar-refractivity contribution in [2.75, 3.05) is 24.7 Å². The standard InChI is InChI=1S/C14H16N2.C6H3N3O7/c1-16(2)14-9-8-12(10-13(14)15)11-6-4-3-5-7-11;10-6-4(8(13)14)1-3(7(11)12)2-5(6)9(15)16/h3-10H,15H2,1-2H3;1-2,10H. The first-order chi connectivity index (χ1) is 15.0. The van der Waals surface area contributed by atoms with Gasteiger partial charge >= 0.3 is 11.4 Å². The van der Waals surface area contributed by atoms with Gasteiger partial charge in [-0.05, 0) is 23.3 Å². The van der Waals surface area contributed by atoms with Crippen LogP contribution in [0.5, 0.6) is 5.75 Å². The molecule has 3 N–H and O–H groups in total. The molecule has 166 valence electrons. The summed E-state index contributed by atoms with van der Waals surface area (Å²) in [6.45, 7) is 0. The van der Waals surface area contributed by atoms with Crippen molar-refractivity contribution >= 4 is 28.4 Å². The van der Waals surface area contributed by atoms with E-state index >= 15 is 0 Å². The van der Waals surface area contributed by atoms with Gasteiger partial charge in [0.05, 0.1) is 38.3 Å². The highest BCUT2D eigenvalue weighted by molar-refractivity contribution is 5.76. The van der Waals surface area contributed by atoms with Crippen LogP contribution in [0.15, 0.2) is 60.7 Å². The number of nitrogens with two attached hydrogens (primary N) is 1. The number of nitro benzene ring substituents is 3. The molecule has 0 saturated heterocycles. The first-order valence-corrected chi connectivity index (χ1v) is 8.95. The van der Waals surface area contributed by atoms with Gasteiger partial charge in [0.1, 0.15) is 0 Å². The minimum atomic E-state index is -1.21. The van der Waals surface area contributed by atoms with Crippen molar-refractivity contribution in [1.29, 1.82) is 0 Å². The number of anilines is 2. The summed E-state index contributed by atoms with van der Waals surface area (Å²) in [6.07, 6.45) is 0. The first kappa shape index (κ1) is 23.5. The highest BCUT2D eigenvalue weighted by atomic mass is 16.6. The summed E-state index contributed by atoms with van der Waals surface area (Å²) < 4.78 is 0. The maximum absolute atomic E-state index is 10.4. The molecule has 0 fully saturated rings. The molecule has 0 heterocycles. The Kier molecular flexibility index (Phi) is 7.24. The molecule has 0 aliphatic heterocycles. The van der Waals surface area contributed by atoms with Crippen molar-refractivity contribution in [1.82, 2.24) is 0 Å². The van der Waals surface area contributed by atoms with Gasteiger partial charge in [-0.15, -0.1) is 0 Å². The van der Waals surface area contributed by atoms with E-state index in [0.717, 1.165) is 16.9 Å². The Hall–Kier alpha value is -4.74. The van der Waals surface area contributed by atoms with E-state index in [4.69, 9.17) is 10.8 Å². The summed E-state index contributed by atoms with van der Waals surface area (Å²) in [5.74, 6) is -1.21. The van der Waals surface area contributed by atoms with Crippen LogP contribution in [0.25, 0.3) is 11.1 Å². The average Bonchev–Trinajstić information content (AvgIpc) is 2.74. The van der Waals surface area contributed by atoms with Crippen LogP contribution in [0, 0.1) is 30.3 Å². The molecule has 3 aromatic carbocycles. The van der Waals surface area contributed by atoms with Gasteiger partial charge in [-0.3, -0.25) is 30.3 Å². The molecule has 0 saturated carbocycles. The normalized spacial score (nSPS) is 9.94. The third-order valence-electron chi connectivity index (χ3n) is 4.28. The van der Waals surface area contributed by atoms with Crippen LogP contribution in [0.1, 0.15) is 0 Å². The number of phenolic OH excluding ortho intramolecular Hbond substituents is 1. The predicted molar refractivity (Wildman–Crippen MR) is 119 cm³/mol. The minimum Gasteiger partial charge on any atom is -0.497 e. The van der Waals surface area contributed by atoms with E-state index in [1.165, 1.54) is 5.56 Å². The lowest BCUT2D eigenvalue weighted by Crippen LogP contribution is -2.10. The Morgan fingerprint density at radius 3 is 1.72 bits per heavy atom. The van der Waals surface area contributed by atoms with Crippen molar-refractivity contribution < 1.29 is 19.9 Å². The average molecular weight is 441 g/mol. The van der Waals surface area contributed by atoms with E-state index < -0.39 is 37.6 Å². The zero-order valence-corrected chi connectivity index (χ0v) is 17.0.